The minimum atomic E-state index is -2.49. The lowest BCUT2D eigenvalue weighted by atomic mass is 10.1. The molecule has 0 radical (unpaired) electrons. The first-order chi connectivity index (χ1) is 7.97. The molecule has 3 N–H and O–H groups in total. The van der Waals surface area contributed by atoms with Crippen LogP contribution in [0.3, 0.4) is 0 Å². The van der Waals surface area contributed by atoms with Gasteiger partial charge in [-0.05, 0) is 12.1 Å². The maximum absolute atomic E-state index is 12.3. The number of alkyl halides is 2. The van der Waals surface area contributed by atoms with Gasteiger partial charge in [-0.1, -0.05) is 22.8 Å². The van der Waals surface area contributed by atoms with Crippen LogP contribution < -0.4 is 10.6 Å². The summed E-state index contributed by atoms with van der Waals surface area (Å²) < 4.78 is 24.6. The van der Waals surface area contributed by atoms with E-state index in [-0.39, 0.29) is 16.4 Å². The summed E-state index contributed by atoms with van der Waals surface area (Å²) in [5.74, 6) is -0.216. The summed E-state index contributed by atoms with van der Waals surface area (Å²) in [5, 5.41) is 11.7. The second-order valence-corrected chi connectivity index (χ2v) is 3.80. The lowest BCUT2D eigenvalue weighted by Gasteiger charge is -2.22. The molecule has 0 fully saturated rings. The van der Waals surface area contributed by atoms with Crippen molar-refractivity contribution in [3.8, 4) is 0 Å². The van der Waals surface area contributed by atoms with Gasteiger partial charge in [-0.2, -0.15) is 0 Å². The highest BCUT2D eigenvalue weighted by Crippen LogP contribution is 2.27. The number of hydrogen-bond donors (Lipinski definition) is 2. The zero-order valence-electron chi connectivity index (χ0n) is 9.07. The zero-order chi connectivity index (χ0) is 13.0. The second kappa shape index (κ2) is 5.67. The van der Waals surface area contributed by atoms with Crippen molar-refractivity contribution in [2.75, 3.05) is 18.5 Å². The van der Waals surface area contributed by atoms with Gasteiger partial charge in [0.05, 0.1) is 17.1 Å². The fourth-order valence-corrected chi connectivity index (χ4v) is 1.71. The van der Waals surface area contributed by atoms with Crippen molar-refractivity contribution in [2.24, 2.45) is 10.9 Å². The van der Waals surface area contributed by atoms with Crippen LogP contribution in [-0.4, -0.2) is 31.1 Å². The van der Waals surface area contributed by atoms with E-state index >= 15 is 0 Å². The van der Waals surface area contributed by atoms with Crippen LogP contribution in [0.25, 0.3) is 0 Å². The molecule has 0 heterocycles. The van der Waals surface area contributed by atoms with E-state index in [4.69, 9.17) is 22.5 Å². The molecule has 0 aliphatic carbocycles. The maximum atomic E-state index is 12.3. The van der Waals surface area contributed by atoms with Gasteiger partial charge in [-0.25, -0.2) is 8.78 Å². The van der Waals surface area contributed by atoms with E-state index in [9.17, 15) is 8.78 Å². The van der Waals surface area contributed by atoms with Crippen molar-refractivity contribution in [1.29, 1.82) is 0 Å². The first-order valence-electron chi connectivity index (χ1n) is 4.73. The predicted molar refractivity (Wildman–Crippen MR) is 63.2 cm³/mol. The third-order valence-corrected chi connectivity index (χ3v) is 2.49. The molecule has 0 aliphatic heterocycles. The molecule has 17 heavy (non-hydrogen) atoms. The van der Waals surface area contributed by atoms with Gasteiger partial charge in [0.2, 0.25) is 0 Å². The summed E-state index contributed by atoms with van der Waals surface area (Å²) in [7, 11) is 1.48. The van der Waals surface area contributed by atoms with E-state index in [1.807, 2.05) is 0 Å². The Bertz CT molecular complexity index is 426. The Kier molecular flexibility index (Phi) is 4.51. The highest BCUT2D eigenvalue weighted by atomic mass is 35.5. The summed E-state index contributed by atoms with van der Waals surface area (Å²) in [4.78, 5) is 1.30. The summed E-state index contributed by atoms with van der Waals surface area (Å²) in [6.45, 7) is -0.466. The van der Waals surface area contributed by atoms with Crippen LogP contribution in [0.4, 0.5) is 14.5 Å². The predicted octanol–water partition coefficient (Wildman–Crippen LogP) is 2.14. The number of hydrogen-bond acceptors (Lipinski definition) is 3. The standard InChI is InChI=1S/C10H12ClF2N3O/c1-16(5-8(12)13)7-4-2-3-6(11)9(7)10(14)15-17/h2-4,8,17H,5H2,1H3,(H2,14,15). The Morgan fingerprint density at radius 1 is 1.59 bits per heavy atom. The van der Waals surface area contributed by atoms with Crippen molar-refractivity contribution < 1.29 is 14.0 Å². The van der Waals surface area contributed by atoms with Crippen molar-refractivity contribution in [3.05, 3.63) is 28.8 Å². The summed E-state index contributed by atoms with van der Waals surface area (Å²) in [6, 6.07) is 4.71. The SMILES string of the molecule is CN(CC(F)F)c1cccc(Cl)c1/C(N)=N/O. The lowest BCUT2D eigenvalue weighted by Crippen LogP contribution is -2.27. The van der Waals surface area contributed by atoms with Crippen LogP contribution in [0.1, 0.15) is 5.56 Å². The highest BCUT2D eigenvalue weighted by Gasteiger charge is 2.17. The van der Waals surface area contributed by atoms with Crippen molar-refractivity contribution in [3.63, 3.8) is 0 Å². The topological polar surface area (TPSA) is 61.8 Å². The lowest BCUT2D eigenvalue weighted by molar-refractivity contribution is 0.156. The van der Waals surface area contributed by atoms with E-state index in [1.165, 1.54) is 18.0 Å². The number of oxime groups is 1. The van der Waals surface area contributed by atoms with Crippen LogP contribution in [0.2, 0.25) is 5.02 Å². The number of nitrogens with zero attached hydrogens (tertiary/aromatic N) is 2. The Morgan fingerprint density at radius 3 is 2.76 bits per heavy atom. The molecule has 94 valence electrons. The number of halogens is 3. The monoisotopic (exact) mass is 263 g/mol. The maximum Gasteiger partial charge on any atom is 0.255 e. The fourth-order valence-electron chi connectivity index (χ4n) is 1.44. The molecule has 0 amide bonds. The van der Waals surface area contributed by atoms with Crippen molar-refractivity contribution in [1.82, 2.24) is 0 Å². The van der Waals surface area contributed by atoms with E-state index in [0.29, 0.717) is 5.69 Å². The Balaban J connectivity index is 3.19. The normalized spacial score (nSPS) is 11.9. The summed E-state index contributed by atoms with van der Waals surface area (Å²) in [5.41, 5.74) is 6.08. The molecule has 0 spiro atoms. The number of nitrogens with two attached hydrogens (primary N) is 1. The minimum absolute atomic E-state index is 0.216. The largest absolute Gasteiger partial charge is 0.409 e. The van der Waals surface area contributed by atoms with E-state index in [0.717, 1.165) is 0 Å². The third kappa shape index (κ3) is 3.20. The van der Waals surface area contributed by atoms with Crippen LogP contribution >= 0.6 is 11.6 Å². The van der Waals surface area contributed by atoms with Gasteiger partial charge in [0.25, 0.3) is 6.43 Å². The molecule has 0 aromatic heterocycles. The van der Waals surface area contributed by atoms with Gasteiger partial charge in [0.1, 0.15) is 0 Å². The van der Waals surface area contributed by atoms with Gasteiger partial charge < -0.3 is 15.8 Å². The molecule has 1 aromatic carbocycles. The minimum Gasteiger partial charge on any atom is -0.409 e. The Hall–Kier alpha value is -1.56. The summed E-state index contributed by atoms with van der Waals surface area (Å²) >= 11 is 5.90. The quantitative estimate of drug-likeness (QED) is 0.379. The average molecular weight is 264 g/mol. The fraction of sp³-hybridized carbons (Fsp3) is 0.300. The van der Waals surface area contributed by atoms with Gasteiger partial charge in [0, 0.05) is 12.7 Å². The van der Waals surface area contributed by atoms with Crippen LogP contribution in [-0.2, 0) is 0 Å². The highest BCUT2D eigenvalue weighted by molar-refractivity contribution is 6.34. The third-order valence-electron chi connectivity index (χ3n) is 2.18. The van der Waals surface area contributed by atoms with Gasteiger partial charge in [-0.15, -0.1) is 0 Å². The molecule has 0 atom stereocenters. The number of rotatable bonds is 4. The molecular formula is C10H12ClF2N3O. The molecule has 1 aromatic rings. The van der Waals surface area contributed by atoms with Crippen LogP contribution in [0.5, 0.6) is 0 Å². The van der Waals surface area contributed by atoms with E-state index in [1.54, 1.807) is 12.1 Å². The van der Waals surface area contributed by atoms with Crippen LogP contribution in [0.15, 0.2) is 23.4 Å². The molecule has 0 saturated carbocycles. The van der Waals surface area contributed by atoms with E-state index < -0.39 is 13.0 Å². The first-order valence-corrected chi connectivity index (χ1v) is 5.10. The number of benzene rings is 1. The summed E-state index contributed by atoms with van der Waals surface area (Å²) in [6.07, 6.45) is -2.49. The average Bonchev–Trinajstić information content (AvgIpc) is 2.26. The molecule has 0 saturated heterocycles. The zero-order valence-corrected chi connectivity index (χ0v) is 9.83. The second-order valence-electron chi connectivity index (χ2n) is 3.39. The van der Waals surface area contributed by atoms with E-state index in [2.05, 4.69) is 5.16 Å². The molecule has 4 nitrogen and oxygen atoms in total. The van der Waals surface area contributed by atoms with Gasteiger partial charge in [0.15, 0.2) is 5.84 Å². The van der Waals surface area contributed by atoms with Crippen molar-refractivity contribution in [2.45, 2.75) is 6.43 Å². The Labute approximate surface area is 102 Å². The molecule has 0 unspecified atom stereocenters. The number of amidine groups is 1. The number of anilines is 1. The first kappa shape index (κ1) is 13.5. The van der Waals surface area contributed by atoms with Gasteiger partial charge >= 0.3 is 0 Å². The molecule has 0 aliphatic rings. The Morgan fingerprint density at radius 2 is 2.24 bits per heavy atom. The molecule has 1 rings (SSSR count). The van der Waals surface area contributed by atoms with Crippen molar-refractivity contribution >= 4 is 23.1 Å². The van der Waals surface area contributed by atoms with Gasteiger partial charge in [-0.3, -0.25) is 0 Å². The smallest absolute Gasteiger partial charge is 0.255 e. The molecular weight excluding hydrogens is 252 g/mol. The van der Waals surface area contributed by atoms with Crippen LogP contribution in [0, 0.1) is 0 Å². The molecule has 7 heteroatoms. The molecule has 0 bridgehead atoms.